The summed E-state index contributed by atoms with van der Waals surface area (Å²) in [4.78, 5) is 23.8. The molecule has 3 heteroatoms. The Hall–Kier alpha value is -1.12. The van der Waals surface area contributed by atoms with Crippen molar-refractivity contribution in [3.8, 4) is 0 Å². The van der Waals surface area contributed by atoms with E-state index in [1.54, 1.807) is 0 Å². The van der Waals surface area contributed by atoms with Gasteiger partial charge in [0.25, 0.3) is 0 Å². The van der Waals surface area contributed by atoms with Gasteiger partial charge in [0.1, 0.15) is 0 Å². The zero-order valence-electron chi connectivity index (χ0n) is 10.6. The highest BCUT2D eigenvalue weighted by atomic mass is 16.2. The molecule has 0 spiro atoms. The second kappa shape index (κ2) is 3.44. The minimum atomic E-state index is -0.0858. The lowest BCUT2D eigenvalue weighted by Gasteiger charge is -2.48. The molecule has 2 fully saturated rings. The van der Waals surface area contributed by atoms with Crippen molar-refractivity contribution < 1.29 is 9.59 Å². The molecule has 3 aliphatic carbocycles. The zero-order valence-corrected chi connectivity index (χ0v) is 10.6. The Morgan fingerprint density at radius 3 is 2.53 bits per heavy atom. The van der Waals surface area contributed by atoms with E-state index in [0.29, 0.717) is 17.8 Å². The van der Waals surface area contributed by atoms with Gasteiger partial charge >= 0.3 is 0 Å². The number of fused-ring (bicyclic) bond motifs is 1. The molecule has 2 amide bonds. The Morgan fingerprint density at radius 2 is 1.88 bits per heavy atom. The van der Waals surface area contributed by atoms with Crippen LogP contribution in [0.1, 0.15) is 27.2 Å². The average Bonchev–Trinajstić information content (AvgIpc) is 2.56. The molecule has 4 rings (SSSR count). The first-order valence-corrected chi connectivity index (χ1v) is 6.53. The SMILES string of the molecule is CC1=CC2C(C(C)C)CC1C1C(=O)NC(=O)C21. The number of carbonyl (C=O) groups is 2. The van der Waals surface area contributed by atoms with Gasteiger partial charge in [-0.1, -0.05) is 25.5 Å². The molecule has 17 heavy (non-hydrogen) atoms. The van der Waals surface area contributed by atoms with Gasteiger partial charge in [-0.3, -0.25) is 14.9 Å². The van der Waals surface area contributed by atoms with Crippen LogP contribution < -0.4 is 5.32 Å². The van der Waals surface area contributed by atoms with Crippen molar-refractivity contribution in [2.24, 2.45) is 35.5 Å². The maximum absolute atomic E-state index is 11.9. The topological polar surface area (TPSA) is 46.2 Å². The van der Waals surface area contributed by atoms with Crippen molar-refractivity contribution >= 4 is 11.8 Å². The highest BCUT2D eigenvalue weighted by molar-refractivity contribution is 6.06. The minimum Gasteiger partial charge on any atom is -0.296 e. The second-order valence-electron chi connectivity index (χ2n) is 6.14. The van der Waals surface area contributed by atoms with Gasteiger partial charge in [-0.2, -0.15) is 0 Å². The third kappa shape index (κ3) is 1.34. The van der Waals surface area contributed by atoms with Crippen LogP contribution in [0.2, 0.25) is 0 Å². The Labute approximate surface area is 102 Å². The molecule has 5 atom stereocenters. The summed E-state index contributed by atoms with van der Waals surface area (Å²) in [7, 11) is 0. The highest BCUT2D eigenvalue weighted by Gasteiger charge is 2.57. The predicted octanol–water partition coefficient (Wildman–Crippen LogP) is 1.74. The number of hydrogen-bond donors (Lipinski definition) is 1. The molecule has 0 aromatic heterocycles. The first-order valence-electron chi connectivity index (χ1n) is 6.53. The van der Waals surface area contributed by atoms with Crippen molar-refractivity contribution in [3.63, 3.8) is 0 Å². The van der Waals surface area contributed by atoms with Crippen molar-refractivity contribution in [2.75, 3.05) is 0 Å². The molecule has 4 aliphatic rings. The van der Waals surface area contributed by atoms with E-state index >= 15 is 0 Å². The van der Waals surface area contributed by atoms with E-state index < -0.39 is 0 Å². The second-order valence-corrected chi connectivity index (χ2v) is 6.14. The number of nitrogens with one attached hydrogen (secondary N) is 1. The van der Waals surface area contributed by atoms with Gasteiger partial charge in [0, 0.05) is 0 Å². The summed E-state index contributed by atoms with van der Waals surface area (Å²) in [5.74, 6) is 1.47. The maximum atomic E-state index is 11.9. The number of hydrogen-bond acceptors (Lipinski definition) is 2. The number of allylic oxidation sites excluding steroid dienone is 2. The van der Waals surface area contributed by atoms with Crippen molar-refractivity contribution in [1.29, 1.82) is 0 Å². The van der Waals surface area contributed by atoms with Crippen LogP contribution in [0.3, 0.4) is 0 Å². The molecule has 1 N–H and O–H groups in total. The lowest BCUT2D eigenvalue weighted by atomic mass is 9.54. The monoisotopic (exact) mass is 233 g/mol. The first-order chi connectivity index (χ1) is 8.00. The van der Waals surface area contributed by atoms with Crippen molar-refractivity contribution in [2.45, 2.75) is 27.2 Å². The van der Waals surface area contributed by atoms with Gasteiger partial charge in [0.05, 0.1) is 11.8 Å². The Bertz CT molecular complexity index is 424. The largest absolute Gasteiger partial charge is 0.296 e. The molecule has 0 aromatic carbocycles. The van der Waals surface area contributed by atoms with Gasteiger partial charge in [-0.05, 0) is 37.0 Å². The highest BCUT2D eigenvalue weighted by Crippen LogP contribution is 2.54. The molecule has 92 valence electrons. The quantitative estimate of drug-likeness (QED) is 0.554. The molecule has 0 aromatic rings. The summed E-state index contributed by atoms with van der Waals surface area (Å²) < 4.78 is 0. The van der Waals surface area contributed by atoms with Crippen LogP contribution in [0.25, 0.3) is 0 Å². The fraction of sp³-hybridized carbons (Fsp3) is 0.714. The zero-order chi connectivity index (χ0) is 12.3. The summed E-state index contributed by atoms with van der Waals surface area (Å²) in [6, 6.07) is 0. The van der Waals surface area contributed by atoms with Gasteiger partial charge < -0.3 is 0 Å². The van der Waals surface area contributed by atoms with E-state index in [9.17, 15) is 9.59 Å². The van der Waals surface area contributed by atoms with Crippen LogP contribution in [0, 0.1) is 35.5 Å². The van der Waals surface area contributed by atoms with Gasteiger partial charge in [0.15, 0.2) is 0 Å². The third-order valence-corrected chi connectivity index (χ3v) is 5.00. The van der Waals surface area contributed by atoms with E-state index in [2.05, 4.69) is 32.2 Å². The Kier molecular flexibility index (Phi) is 2.22. The molecular weight excluding hydrogens is 214 g/mol. The van der Waals surface area contributed by atoms with Gasteiger partial charge in [-0.15, -0.1) is 0 Å². The van der Waals surface area contributed by atoms with Crippen LogP contribution in [0.5, 0.6) is 0 Å². The maximum Gasteiger partial charge on any atom is 0.231 e. The number of amides is 2. The van der Waals surface area contributed by atoms with Crippen LogP contribution >= 0.6 is 0 Å². The normalized spacial score (nSPS) is 43.8. The molecule has 2 bridgehead atoms. The molecule has 1 saturated carbocycles. The van der Waals surface area contributed by atoms with Gasteiger partial charge in [0.2, 0.25) is 11.8 Å². The number of carbonyl (C=O) groups excluding carboxylic acids is 2. The third-order valence-electron chi connectivity index (χ3n) is 5.00. The average molecular weight is 233 g/mol. The summed E-state index contributed by atoms with van der Waals surface area (Å²) in [5.41, 5.74) is 1.32. The molecule has 1 heterocycles. The van der Waals surface area contributed by atoms with Crippen LogP contribution in [0.15, 0.2) is 11.6 Å². The number of rotatable bonds is 1. The molecule has 0 radical (unpaired) electrons. The van der Waals surface area contributed by atoms with Crippen molar-refractivity contribution in [3.05, 3.63) is 11.6 Å². The smallest absolute Gasteiger partial charge is 0.231 e. The van der Waals surface area contributed by atoms with E-state index in [1.165, 1.54) is 5.57 Å². The predicted molar refractivity (Wildman–Crippen MR) is 63.8 cm³/mol. The lowest BCUT2D eigenvalue weighted by molar-refractivity contribution is -0.127. The summed E-state index contributed by atoms with van der Waals surface area (Å²) in [5, 5.41) is 2.53. The Balaban J connectivity index is 2.04. The molecule has 1 aliphatic heterocycles. The van der Waals surface area contributed by atoms with Gasteiger partial charge in [-0.25, -0.2) is 0 Å². The van der Waals surface area contributed by atoms with E-state index in [-0.39, 0.29) is 29.6 Å². The van der Waals surface area contributed by atoms with Crippen LogP contribution in [-0.2, 0) is 9.59 Å². The molecule has 1 saturated heterocycles. The van der Waals surface area contributed by atoms with E-state index in [0.717, 1.165) is 6.42 Å². The molecule has 3 nitrogen and oxygen atoms in total. The number of imide groups is 1. The Morgan fingerprint density at radius 1 is 1.24 bits per heavy atom. The molecule has 5 unspecified atom stereocenters. The standard InChI is InChI=1S/C14H19NO2/c1-6(2)8-5-9-7(3)4-10(8)12-11(9)13(16)15-14(12)17/h4,6,8-12H,5H2,1-3H3,(H,15,16,17). The minimum absolute atomic E-state index is 0.0374. The first kappa shape index (κ1) is 11.0. The van der Waals surface area contributed by atoms with E-state index in [4.69, 9.17) is 0 Å². The lowest BCUT2D eigenvalue weighted by Crippen LogP contribution is -2.46. The summed E-state index contributed by atoms with van der Waals surface area (Å²) >= 11 is 0. The van der Waals surface area contributed by atoms with Crippen LogP contribution in [-0.4, -0.2) is 11.8 Å². The van der Waals surface area contributed by atoms with Crippen LogP contribution in [0.4, 0.5) is 0 Å². The van der Waals surface area contributed by atoms with Crippen molar-refractivity contribution in [1.82, 2.24) is 5.32 Å². The summed E-state index contributed by atoms with van der Waals surface area (Å²) in [6.45, 7) is 6.55. The fourth-order valence-electron chi connectivity index (χ4n) is 4.16. The van der Waals surface area contributed by atoms with E-state index in [1.807, 2.05) is 0 Å². The summed E-state index contributed by atoms with van der Waals surface area (Å²) in [6.07, 6.45) is 3.34. The fourth-order valence-corrected chi connectivity index (χ4v) is 4.16. The molecular formula is C14H19NO2.